The number of fused-ring (bicyclic) bond motifs is 1. The van der Waals surface area contributed by atoms with E-state index in [1.54, 1.807) is 6.21 Å². The lowest BCUT2D eigenvalue weighted by Crippen LogP contribution is -2.20. The summed E-state index contributed by atoms with van der Waals surface area (Å²) in [6.07, 6.45) is 5.71. The molecule has 6 heteroatoms. The lowest BCUT2D eigenvalue weighted by Gasteiger charge is -2.10. The van der Waals surface area contributed by atoms with Crippen LogP contribution in [0.4, 0.5) is 0 Å². The molecule has 0 bridgehead atoms. The normalized spacial score (nSPS) is 13.8. The smallest absolute Gasteiger partial charge is 0.292 e. The summed E-state index contributed by atoms with van der Waals surface area (Å²) in [5.74, 6) is 0.545. The van der Waals surface area contributed by atoms with Gasteiger partial charge in [-0.3, -0.25) is 9.89 Å². The van der Waals surface area contributed by atoms with Crippen molar-refractivity contribution >= 4 is 12.1 Å². The van der Waals surface area contributed by atoms with Gasteiger partial charge in [0.25, 0.3) is 5.91 Å². The second-order valence-electron chi connectivity index (χ2n) is 5.44. The van der Waals surface area contributed by atoms with Gasteiger partial charge in [0.15, 0.2) is 5.69 Å². The number of nitrogens with zero attached hydrogens (tertiary/aromatic N) is 2. The summed E-state index contributed by atoms with van der Waals surface area (Å²) in [6.45, 7) is 2.58. The number of H-pyrrole nitrogens is 1. The fourth-order valence-corrected chi connectivity index (χ4v) is 2.70. The van der Waals surface area contributed by atoms with Crippen molar-refractivity contribution in [3.05, 3.63) is 46.8 Å². The largest absolute Gasteiger partial charge is 0.494 e. The molecule has 0 saturated carbocycles. The summed E-state index contributed by atoms with van der Waals surface area (Å²) >= 11 is 0. The van der Waals surface area contributed by atoms with E-state index in [1.165, 1.54) is 0 Å². The quantitative estimate of drug-likeness (QED) is 0.657. The number of hydrogen-bond donors (Lipinski definition) is 2. The predicted molar refractivity (Wildman–Crippen MR) is 87.9 cm³/mol. The molecule has 0 radical (unpaired) electrons. The number of rotatable bonds is 5. The third-order valence-electron chi connectivity index (χ3n) is 3.84. The molecule has 3 rings (SSSR count). The fraction of sp³-hybridized carbons (Fsp3) is 0.353. The Bertz CT molecular complexity index is 704. The first-order chi connectivity index (χ1) is 11.3. The van der Waals surface area contributed by atoms with Crippen molar-refractivity contribution in [1.82, 2.24) is 15.6 Å². The van der Waals surface area contributed by atoms with Gasteiger partial charge < -0.3 is 4.74 Å². The number of amides is 1. The van der Waals surface area contributed by atoms with Gasteiger partial charge in [-0.1, -0.05) is 0 Å². The van der Waals surface area contributed by atoms with E-state index >= 15 is 0 Å². The Morgan fingerprint density at radius 3 is 2.91 bits per heavy atom. The van der Waals surface area contributed by atoms with Gasteiger partial charge in [0.05, 0.1) is 12.8 Å². The number of ether oxygens (including phenoxy) is 1. The topological polar surface area (TPSA) is 79.4 Å². The fourth-order valence-electron chi connectivity index (χ4n) is 2.70. The monoisotopic (exact) mass is 312 g/mol. The first-order valence-corrected chi connectivity index (χ1v) is 7.90. The molecular formula is C17H20N4O2. The van der Waals surface area contributed by atoms with Crippen molar-refractivity contribution in [2.45, 2.75) is 32.6 Å². The molecule has 0 spiro atoms. The molecule has 6 nitrogen and oxygen atoms in total. The third kappa shape index (κ3) is 3.59. The third-order valence-corrected chi connectivity index (χ3v) is 3.84. The van der Waals surface area contributed by atoms with Crippen molar-refractivity contribution in [3.8, 4) is 5.75 Å². The first-order valence-electron chi connectivity index (χ1n) is 7.90. The molecule has 0 aliphatic heterocycles. The maximum absolute atomic E-state index is 12.2. The van der Waals surface area contributed by atoms with E-state index < -0.39 is 0 Å². The Balaban J connectivity index is 1.61. The lowest BCUT2D eigenvalue weighted by atomic mass is 9.96. The second kappa shape index (κ2) is 7.09. The van der Waals surface area contributed by atoms with Crippen LogP contribution in [0.15, 0.2) is 29.4 Å². The summed E-state index contributed by atoms with van der Waals surface area (Å²) in [7, 11) is 0. The van der Waals surface area contributed by atoms with Gasteiger partial charge >= 0.3 is 0 Å². The first kappa shape index (κ1) is 15.3. The zero-order chi connectivity index (χ0) is 16.1. The van der Waals surface area contributed by atoms with Gasteiger partial charge in [0.2, 0.25) is 0 Å². The molecule has 1 amide bonds. The van der Waals surface area contributed by atoms with Crippen LogP contribution in [0.5, 0.6) is 5.75 Å². The highest BCUT2D eigenvalue weighted by Crippen LogP contribution is 2.21. The van der Waals surface area contributed by atoms with Gasteiger partial charge in [0.1, 0.15) is 5.75 Å². The maximum atomic E-state index is 12.2. The highest BCUT2D eigenvalue weighted by Gasteiger charge is 2.21. The van der Waals surface area contributed by atoms with E-state index in [4.69, 9.17) is 4.74 Å². The van der Waals surface area contributed by atoms with Crippen LogP contribution in [-0.4, -0.2) is 28.9 Å². The SMILES string of the molecule is CCOc1ccc(/C=N/NC(=O)c2n[nH]c3c2CCCC3)cc1. The Morgan fingerprint density at radius 2 is 2.13 bits per heavy atom. The van der Waals surface area contributed by atoms with Crippen LogP contribution in [0, 0.1) is 0 Å². The number of aryl methyl sites for hydroxylation is 1. The summed E-state index contributed by atoms with van der Waals surface area (Å²) in [4.78, 5) is 12.2. The van der Waals surface area contributed by atoms with Crippen molar-refractivity contribution in [2.24, 2.45) is 5.10 Å². The molecule has 1 heterocycles. The van der Waals surface area contributed by atoms with Crippen molar-refractivity contribution in [3.63, 3.8) is 0 Å². The van der Waals surface area contributed by atoms with Crippen LogP contribution in [0.2, 0.25) is 0 Å². The molecule has 1 aromatic carbocycles. The van der Waals surface area contributed by atoms with E-state index in [-0.39, 0.29) is 5.91 Å². The average Bonchev–Trinajstić information content (AvgIpc) is 3.01. The van der Waals surface area contributed by atoms with E-state index in [9.17, 15) is 4.79 Å². The van der Waals surface area contributed by atoms with Crippen LogP contribution in [0.3, 0.4) is 0 Å². The highest BCUT2D eigenvalue weighted by molar-refractivity contribution is 5.94. The molecule has 0 unspecified atom stereocenters. The summed E-state index contributed by atoms with van der Waals surface area (Å²) in [5.41, 5.74) is 6.00. The van der Waals surface area contributed by atoms with Crippen LogP contribution in [-0.2, 0) is 12.8 Å². The molecule has 0 atom stereocenters. The van der Waals surface area contributed by atoms with Crippen LogP contribution >= 0.6 is 0 Å². The average molecular weight is 312 g/mol. The van der Waals surface area contributed by atoms with Gasteiger partial charge in [-0.2, -0.15) is 10.2 Å². The van der Waals surface area contributed by atoms with E-state index in [1.807, 2.05) is 31.2 Å². The lowest BCUT2D eigenvalue weighted by molar-refractivity contribution is 0.0949. The molecule has 23 heavy (non-hydrogen) atoms. The molecule has 120 valence electrons. The number of nitrogens with one attached hydrogen (secondary N) is 2. The summed E-state index contributed by atoms with van der Waals surface area (Å²) < 4.78 is 5.38. The molecule has 1 aliphatic rings. The standard InChI is InChI=1S/C17H20N4O2/c1-2-23-13-9-7-12(8-10-13)11-18-21-17(22)16-14-5-3-4-6-15(14)19-20-16/h7-11H,2-6H2,1H3,(H,19,20)(H,21,22)/b18-11+. The number of hydrazone groups is 1. The van der Waals surface area contributed by atoms with E-state index in [2.05, 4.69) is 20.7 Å². The molecular weight excluding hydrogens is 292 g/mol. The van der Waals surface area contributed by atoms with E-state index in [0.717, 1.165) is 48.3 Å². The van der Waals surface area contributed by atoms with Gasteiger partial charge in [-0.05, 0) is 62.4 Å². The number of aromatic nitrogens is 2. The number of benzene rings is 1. The van der Waals surface area contributed by atoms with E-state index in [0.29, 0.717) is 12.3 Å². The van der Waals surface area contributed by atoms with Gasteiger partial charge in [-0.15, -0.1) is 0 Å². The predicted octanol–water partition coefficient (Wildman–Crippen LogP) is 2.45. The Hall–Kier alpha value is -2.63. The summed E-state index contributed by atoms with van der Waals surface area (Å²) in [5, 5.41) is 11.1. The van der Waals surface area contributed by atoms with Crippen molar-refractivity contribution in [1.29, 1.82) is 0 Å². The summed E-state index contributed by atoms with van der Waals surface area (Å²) in [6, 6.07) is 7.52. The van der Waals surface area contributed by atoms with Crippen molar-refractivity contribution in [2.75, 3.05) is 6.61 Å². The van der Waals surface area contributed by atoms with Crippen LogP contribution < -0.4 is 10.2 Å². The van der Waals surface area contributed by atoms with Crippen molar-refractivity contribution < 1.29 is 9.53 Å². The highest BCUT2D eigenvalue weighted by atomic mass is 16.5. The minimum atomic E-state index is -0.272. The number of carbonyl (C=O) groups excluding carboxylic acids is 1. The molecule has 2 aromatic rings. The van der Waals surface area contributed by atoms with Crippen LogP contribution in [0.1, 0.15) is 47.1 Å². The Kier molecular flexibility index (Phi) is 4.71. The zero-order valence-corrected chi connectivity index (χ0v) is 13.1. The minimum Gasteiger partial charge on any atom is -0.494 e. The minimum absolute atomic E-state index is 0.272. The number of hydrogen-bond acceptors (Lipinski definition) is 4. The molecule has 1 aliphatic carbocycles. The maximum Gasteiger partial charge on any atom is 0.292 e. The zero-order valence-electron chi connectivity index (χ0n) is 13.1. The molecule has 1 aromatic heterocycles. The number of carbonyl (C=O) groups is 1. The Labute approximate surface area is 134 Å². The van der Waals surface area contributed by atoms with Gasteiger partial charge in [0, 0.05) is 11.3 Å². The van der Waals surface area contributed by atoms with Crippen LogP contribution in [0.25, 0.3) is 0 Å². The molecule has 0 fully saturated rings. The second-order valence-corrected chi connectivity index (χ2v) is 5.44. The Morgan fingerprint density at radius 1 is 1.35 bits per heavy atom. The van der Waals surface area contributed by atoms with Gasteiger partial charge in [-0.25, -0.2) is 5.43 Å². The number of aromatic amines is 1. The molecule has 2 N–H and O–H groups in total. The molecule has 0 saturated heterocycles.